The Morgan fingerprint density at radius 2 is 1.24 bits per heavy atom. The van der Waals surface area contributed by atoms with Crippen molar-refractivity contribution in [2.45, 2.75) is 109 Å². The molecule has 0 spiro atoms. The monoisotopic (exact) mass is 406 g/mol. The van der Waals surface area contributed by atoms with Crippen LogP contribution in [0.5, 0.6) is 0 Å². The number of carboxylic acids is 1. The van der Waals surface area contributed by atoms with Crippen LogP contribution in [0.1, 0.15) is 102 Å². The molecule has 4 nitrogen and oxygen atoms in total. The number of ether oxygens (including phenoxy) is 1. The number of benzene rings is 1. The third kappa shape index (κ3) is 17.2. The Hall–Kier alpha value is -1.39. The smallest absolute Gasteiger partial charge is 0.305 e. The van der Waals surface area contributed by atoms with Crippen LogP contribution in [0.2, 0.25) is 0 Å². The summed E-state index contributed by atoms with van der Waals surface area (Å²) in [5.41, 5.74) is 1.25. The molecule has 0 saturated heterocycles. The average molecular weight is 407 g/mol. The van der Waals surface area contributed by atoms with E-state index in [4.69, 9.17) is 9.84 Å². The van der Waals surface area contributed by atoms with Crippen LogP contribution in [0, 0.1) is 0 Å². The fourth-order valence-corrected chi connectivity index (χ4v) is 3.60. The van der Waals surface area contributed by atoms with Gasteiger partial charge < -0.3 is 14.9 Å². The summed E-state index contributed by atoms with van der Waals surface area (Å²) in [6.45, 7) is 1.60. The minimum atomic E-state index is -0.912. The lowest BCUT2D eigenvalue weighted by molar-refractivity contribution is -0.139. The maximum Gasteiger partial charge on any atom is 0.305 e. The topological polar surface area (TPSA) is 66.8 Å². The number of unbranched alkanes of at least 4 members (excludes halogenated alkanes) is 12. The molecule has 2 N–H and O–H groups in total. The molecule has 0 aliphatic heterocycles. The normalized spacial score (nSPS) is 12.2. The number of carbonyl (C=O) groups is 1. The molecule has 0 bridgehead atoms. The van der Waals surface area contributed by atoms with Gasteiger partial charge in [0.25, 0.3) is 0 Å². The van der Waals surface area contributed by atoms with Crippen molar-refractivity contribution < 1.29 is 19.7 Å². The van der Waals surface area contributed by atoms with Crippen molar-refractivity contribution in [3.8, 4) is 0 Å². The van der Waals surface area contributed by atoms with Crippen molar-refractivity contribution in [3.05, 3.63) is 35.9 Å². The zero-order valence-corrected chi connectivity index (χ0v) is 18.2. The fraction of sp³-hybridized carbons (Fsp3) is 0.720. The maximum absolute atomic E-state index is 10.5. The van der Waals surface area contributed by atoms with Crippen LogP contribution in [-0.4, -0.2) is 28.9 Å². The number of carboxylic acid groups (broad SMARTS) is 1. The van der Waals surface area contributed by atoms with Gasteiger partial charge in [0.2, 0.25) is 0 Å². The Kier molecular flexibility index (Phi) is 16.5. The molecule has 1 aromatic carbocycles. The number of aliphatic hydroxyl groups is 1. The first-order valence-electron chi connectivity index (χ1n) is 11.7. The van der Waals surface area contributed by atoms with Crippen LogP contribution in [-0.2, 0) is 16.1 Å². The summed E-state index contributed by atoms with van der Waals surface area (Å²) < 4.78 is 5.72. The molecule has 29 heavy (non-hydrogen) atoms. The summed E-state index contributed by atoms with van der Waals surface area (Å²) in [7, 11) is 0. The molecule has 0 aliphatic rings. The van der Waals surface area contributed by atoms with Crippen molar-refractivity contribution in [2.75, 3.05) is 6.61 Å². The van der Waals surface area contributed by atoms with Gasteiger partial charge in [0.05, 0.1) is 19.1 Å². The fourth-order valence-electron chi connectivity index (χ4n) is 3.60. The van der Waals surface area contributed by atoms with Crippen LogP contribution in [0.3, 0.4) is 0 Å². The van der Waals surface area contributed by atoms with Crippen LogP contribution in [0.25, 0.3) is 0 Å². The van der Waals surface area contributed by atoms with Crippen molar-refractivity contribution in [1.82, 2.24) is 0 Å². The maximum atomic E-state index is 10.5. The Bertz CT molecular complexity index is 489. The summed E-state index contributed by atoms with van der Waals surface area (Å²) in [5.74, 6) is -0.912. The highest BCUT2D eigenvalue weighted by atomic mass is 16.5. The van der Waals surface area contributed by atoms with E-state index in [1.165, 1.54) is 76.2 Å². The molecule has 1 unspecified atom stereocenters. The summed E-state index contributed by atoms with van der Waals surface area (Å²) >= 11 is 0. The van der Waals surface area contributed by atoms with Crippen molar-refractivity contribution in [2.24, 2.45) is 0 Å². The molecule has 0 aliphatic carbocycles. The molecule has 0 amide bonds. The summed E-state index contributed by atoms with van der Waals surface area (Å²) in [6, 6.07) is 10.4. The predicted octanol–water partition coefficient (Wildman–Crippen LogP) is 6.50. The van der Waals surface area contributed by atoms with E-state index in [0.717, 1.165) is 26.1 Å². The van der Waals surface area contributed by atoms with Gasteiger partial charge in [-0.1, -0.05) is 107 Å². The molecule has 0 fully saturated rings. The summed E-state index contributed by atoms with van der Waals surface area (Å²) in [4.78, 5) is 10.5. The molecule has 1 rings (SSSR count). The predicted molar refractivity (Wildman–Crippen MR) is 119 cm³/mol. The molecule has 0 saturated carbocycles. The van der Waals surface area contributed by atoms with Gasteiger partial charge in [-0.25, -0.2) is 0 Å². The number of hydrogen-bond donors (Lipinski definition) is 2. The SMILES string of the molecule is O=C(O)CC(O)CCCCCCCCCCCCCCCOCc1ccccc1. The lowest BCUT2D eigenvalue weighted by Crippen LogP contribution is -2.12. The molecule has 0 radical (unpaired) electrons. The molecule has 166 valence electrons. The second kappa shape index (κ2) is 18.6. The Balaban J connectivity index is 1.71. The van der Waals surface area contributed by atoms with E-state index in [0.29, 0.717) is 6.42 Å². The largest absolute Gasteiger partial charge is 0.481 e. The van der Waals surface area contributed by atoms with Gasteiger partial charge in [-0.2, -0.15) is 0 Å². The van der Waals surface area contributed by atoms with Gasteiger partial charge in [0.1, 0.15) is 0 Å². The Morgan fingerprint density at radius 1 is 0.759 bits per heavy atom. The zero-order valence-electron chi connectivity index (χ0n) is 18.2. The van der Waals surface area contributed by atoms with Gasteiger partial charge in [-0.15, -0.1) is 0 Å². The standard InChI is InChI=1S/C25H42O4/c26-24(21-25(27)28)19-15-10-8-6-4-2-1-3-5-7-9-11-16-20-29-22-23-17-13-12-14-18-23/h12-14,17-18,24,26H,1-11,15-16,19-22H2,(H,27,28). The minimum Gasteiger partial charge on any atom is -0.481 e. The van der Waals surface area contributed by atoms with Crippen molar-refractivity contribution >= 4 is 5.97 Å². The van der Waals surface area contributed by atoms with Gasteiger partial charge in [0.15, 0.2) is 0 Å². The lowest BCUT2D eigenvalue weighted by atomic mass is 10.0. The van der Waals surface area contributed by atoms with E-state index in [2.05, 4.69) is 24.3 Å². The molecule has 0 heterocycles. The lowest BCUT2D eigenvalue weighted by Gasteiger charge is -2.07. The number of hydrogen-bond acceptors (Lipinski definition) is 3. The van der Waals surface area contributed by atoms with Crippen LogP contribution in [0.4, 0.5) is 0 Å². The van der Waals surface area contributed by atoms with Crippen LogP contribution < -0.4 is 0 Å². The van der Waals surface area contributed by atoms with Gasteiger partial charge >= 0.3 is 5.97 Å². The van der Waals surface area contributed by atoms with E-state index < -0.39 is 12.1 Å². The minimum absolute atomic E-state index is 0.123. The molecule has 1 atom stereocenters. The summed E-state index contributed by atoms with van der Waals surface area (Å²) in [6.07, 6.45) is 16.1. The average Bonchev–Trinajstić information content (AvgIpc) is 2.70. The van der Waals surface area contributed by atoms with E-state index in [-0.39, 0.29) is 6.42 Å². The molecule has 4 heteroatoms. The van der Waals surface area contributed by atoms with E-state index in [1.807, 2.05) is 6.07 Å². The first-order valence-corrected chi connectivity index (χ1v) is 11.7. The molecular weight excluding hydrogens is 364 g/mol. The second-order valence-corrected chi connectivity index (χ2v) is 8.17. The Labute approximate surface area is 177 Å². The second-order valence-electron chi connectivity index (χ2n) is 8.17. The Morgan fingerprint density at radius 3 is 1.76 bits per heavy atom. The number of rotatable bonds is 20. The van der Waals surface area contributed by atoms with Crippen LogP contribution >= 0.6 is 0 Å². The van der Waals surface area contributed by atoms with Crippen LogP contribution in [0.15, 0.2) is 30.3 Å². The van der Waals surface area contributed by atoms with E-state index in [1.54, 1.807) is 0 Å². The third-order valence-corrected chi connectivity index (χ3v) is 5.35. The van der Waals surface area contributed by atoms with Gasteiger partial charge in [-0.05, 0) is 18.4 Å². The first-order chi connectivity index (χ1) is 14.2. The third-order valence-electron chi connectivity index (χ3n) is 5.35. The van der Waals surface area contributed by atoms with Crippen molar-refractivity contribution in [1.29, 1.82) is 0 Å². The molecule has 1 aromatic rings. The van der Waals surface area contributed by atoms with Gasteiger partial charge in [0, 0.05) is 6.61 Å². The first kappa shape index (κ1) is 25.6. The van der Waals surface area contributed by atoms with E-state index >= 15 is 0 Å². The number of aliphatic carboxylic acids is 1. The van der Waals surface area contributed by atoms with Gasteiger partial charge in [-0.3, -0.25) is 4.79 Å². The quantitative estimate of drug-likeness (QED) is 0.243. The zero-order chi connectivity index (χ0) is 21.0. The van der Waals surface area contributed by atoms with Crippen molar-refractivity contribution in [3.63, 3.8) is 0 Å². The number of aliphatic hydroxyl groups excluding tert-OH is 1. The molecular formula is C25H42O4. The van der Waals surface area contributed by atoms with E-state index in [9.17, 15) is 9.90 Å². The molecule has 0 aromatic heterocycles. The highest BCUT2D eigenvalue weighted by Gasteiger charge is 2.08. The summed E-state index contributed by atoms with van der Waals surface area (Å²) in [5, 5.41) is 18.1. The highest BCUT2D eigenvalue weighted by Crippen LogP contribution is 2.14. The highest BCUT2D eigenvalue weighted by molar-refractivity contribution is 5.67.